The topological polar surface area (TPSA) is 105 Å². The summed E-state index contributed by atoms with van der Waals surface area (Å²) in [6.45, 7) is 1.80. The monoisotopic (exact) mass is 438 g/mol. The Hall–Kier alpha value is -3.21. The summed E-state index contributed by atoms with van der Waals surface area (Å²) in [5, 5.41) is 11.7. The zero-order chi connectivity index (χ0) is 22.8. The number of fused-ring (bicyclic) bond motifs is 1. The van der Waals surface area contributed by atoms with Gasteiger partial charge in [-0.2, -0.15) is 13.2 Å². The van der Waals surface area contributed by atoms with Gasteiger partial charge in [0.05, 0.1) is 25.0 Å². The normalized spacial score (nSPS) is 14.4. The summed E-state index contributed by atoms with van der Waals surface area (Å²) < 4.78 is 41.8. The van der Waals surface area contributed by atoms with Gasteiger partial charge in [0, 0.05) is 29.9 Å². The Labute approximate surface area is 176 Å². The summed E-state index contributed by atoms with van der Waals surface area (Å²) in [7, 11) is 0. The zero-order valence-corrected chi connectivity index (χ0v) is 16.9. The molecule has 1 aliphatic heterocycles. The van der Waals surface area contributed by atoms with Crippen LogP contribution < -0.4 is 10.1 Å². The van der Waals surface area contributed by atoms with Gasteiger partial charge >= 0.3 is 6.18 Å². The number of aliphatic hydroxyl groups excluding tert-OH is 1. The lowest BCUT2D eigenvalue weighted by atomic mass is 10.1. The largest absolute Gasteiger partial charge is 0.482 e. The van der Waals surface area contributed by atoms with Crippen molar-refractivity contribution in [3.05, 3.63) is 52.6 Å². The van der Waals surface area contributed by atoms with Crippen molar-refractivity contribution < 1.29 is 32.6 Å². The van der Waals surface area contributed by atoms with Crippen LogP contribution in [-0.4, -0.2) is 57.2 Å². The number of aryl methyl sites for hydroxylation is 1. The van der Waals surface area contributed by atoms with E-state index < -0.39 is 24.7 Å². The average molecular weight is 438 g/mol. The number of pyridine rings is 2. The zero-order valence-electron chi connectivity index (χ0n) is 16.9. The molecule has 1 atom stereocenters. The molecule has 31 heavy (non-hydrogen) atoms. The van der Waals surface area contributed by atoms with Gasteiger partial charge in [-0.05, 0) is 31.5 Å². The Bertz CT molecular complexity index is 997. The molecule has 0 radical (unpaired) electrons. The van der Waals surface area contributed by atoms with E-state index in [0.717, 1.165) is 0 Å². The first-order valence-electron chi connectivity index (χ1n) is 9.43. The van der Waals surface area contributed by atoms with Crippen LogP contribution in [0.3, 0.4) is 0 Å². The minimum Gasteiger partial charge on any atom is -0.482 e. The Morgan fingerprint density at radius 2 is 2.13 bits per heavy atom. The molecule has 11 heteroatoms. The molecule has 0 spiro atoms. The summed E-state index contributed by atoms with van der Waals surface area (Å²) in [5.74, 6) is -0.787. The molecule has 0 aliphatic carbocycles. The summed E-state index contributed by atoms with van der Waals surface area (Å²) in [4.78, 5) is 34.9. The molecule has 0 fully saturated rings. The van der Waals surface area contributed by atoms with Gasteiger partial charge in [0.25, 0.3) is 11.8 Å². The molecule has 2 N–H and O–H groups in total. The van der Waals surface area contributed by atoms with Gasteiger partial charge in [-0.15, -0.1) is 0 Å². The molecule has 3 rings (SSSR count). The SMILES string of the molecule is Cc1cc(CN2Cc3c(ccnc3C(=O)NC(C)CO)C2=O)ncc1OCC(F)(F)F. The van der Waals surface area contributed by atoms with E-state index in [9.17, 15) is 22.8 Å². The van der Waals surface area contributed by atoms with E-state index >= 15 is 0 Å². The lowest BCUT2D eigenvalue weighted by molar-refractivity contribution is -0.153. The number of halogens is 3. The third-order valence-corrected chi connectivity index (χ3v) is 4.65. The number of carbonyl (C=O) groups is 2. The molecule has 0 saturated carbocycles. The van der Waals surface area contributed by atoms with Crippen molar-refractivity contribution in [3.63, 3.8) is 0 Å². The first kappa shape index (κ1) is 22.5. The molecule has 166 valence electrons. The lowest BCUT2D eigenvalue weighted by Crippen LogP contribution is -2.36. The number of carbonyl (C=O) groups excluding carboxylic acids is 2. The number of nitrogens with one attached hydrogen (secondary N) is 1. The fraction of sp³-hybridized carbons (Fsp3) is 0.400. The molecule has 2 aromatic rings. The number of ether oxygens (including phenoxy) is 1. The molecule has 1 aliphatic rings. The van der Waals surface area contributed by atoms with Gasteiger partial charge in [0.15, 0.2) is 6.61 Å². The molecule has 3 heterocycles. The number of hydrogen-bond donors (Lipinski definition) is 2. The van der Waals surface area contributed by atoms with Gasteiger partial charge in [-0.25, -0.2) is 0 Å². The van der Waals surface area contributed by atoms with Gasteiger partial charge in [0.1, 0.15) is 11.4 Å². The standard InChI is InChI=1S/C20H21F3N4O4/c1-11-5-13(25-6-16(11)31-10-20(21,22)23)7-27-8-15-14(19(27)30)3-4-24-17(15)18(29)26-12(2)9-28/h3-6,12,28H,7-10H2,1-2H3,(H,26,29). The van der Waals surface area contributed by atoms with Crippen LogP contribution in [0.15, 0.2) is 24.5 Å². The molecule has 0 bridgehead atoms. The third-order valence-electron chi connectivity index (χ3n) is 4.65. The Balaban J connectivity index is 1.74. The van der Waals surface area contributed by atoms with Gasteiger partial charge < -0.3 is 20.1 Å². The lowest BCUT2D eigenvalue weighted by Gasteiger charge is -2.17. The van der Waals surface area contributed by atoms with Crippen LogP contribution in [0.1, 0.15) is 44.6 Å². The van der Waals surface area contributed by atoms with Crippen LogP contribution in [0, 0.1) is 6.92 Å². The van der Waals surface area contributed by atoms with E-state index in [1.807, 2.05) is 0 Å². The fourth-order valence-corrected chi connectivity index (χ4v) is 3.14. The van der Waals surface area contributed by atoms with E-state index in [4.69, 9.17) is 9.84 Å². The van der Waals surface area contributed by atoms with Crippen LogP contribution in [-0.2, 0) is 13.1 Å². The molecule has 2 aromatic heterocycles. The summed E-state index contributed by atoms with van der Waals surface area (Å²) in [6, 6.07) is 2.61. The van der Waals surface area contributed by atoms with Gasteiger partial charge in [-0.1, -0.05) is 0 Å². The predicted octanol–water partition coefficient (Wildman–Crippen LogP) is 1.99. The van der Waals surface area contributed by atoms with E-state index in [2.05, 4.69) is 15.3 Å². The maximum absolute atomic E-state index is 12.8. The molecule has 0 saturated heterocycles. The Morgan fingerprint density at radius 1 is 1.39 bits per heavy atom. The van der Waals surface area contributed by atoms with Crippen molar-refractivity contribution in [3.8, 4) is 5.75 Å². The predicted molar refractivity (Wildman–Crippen MR) is 102 cm³/mol. The highest BCUT2D eigenvalue weighted by Crippen LogP contribution is 2.27. The maximum atomic E-state index is 12.8. The quantitative estimate of drug-likeness (QED) is 0.685. The number of rotatable bonds is 7. The van der Waals surface area contributed by atoms with Crippen molar-refractivity contribution in [2.75, 3.05) is 13.2 Å². The third kappa shape index (κ3) is 5.29. The minimum atomic E-state index is -4.45. The number of aliphatic hydroxyl groups is 1. The summed E-state index contributed by atoms with van der Waals surface area (Å²) in [5.41, 5.74) is 1.84. The minimum absolute atomic E-state index is 0.0123. The Morgan fingerprint density at radius 3 is 2.77 bits per heavy atom. The summed E-state index contributed by atoms with van der Waals surface area (Å²) >= 11 is 0. The average Bonchev–Trinajstić information content (AvgIpc) is 3.02. The molecular weight excluding hydrogens is 417 g/mol. The smallest absolute Gasteiger partial charge is 0.422 e. The van der Waals surface area contributed by atoms with Crippen molar-refractivity contribution in [2.45, 2.75) is 39.2 Å². The number of alkyl halides is 3. The number of nitrogens with zero attached hydrogens (tertiary/aromatic N) is 3. The van der Waals surface area contributed by atoms with E-state index in [-0.39, 0.29) is 37.0 Å². The van der Waals surface area contributed by atoms with Crippen LogP contribution in [0.5, 0.6) is 5.75 Å². The van der Waals surface area contributed by atoms with E-state index in [0.29, 0.717) is 22.4 Å². The highest BCUT2D eigenvalue weighted by atomic mass is 19.4. The van der Waals surface area contributed by atoms with Crippen LogP contribution in [0.25, 0.3) is 0 Å². The number of hydrogen-bond acceptors (Lipinski definition) is 6. The second-order valence-corrected chi connectivity index (χ2v) is 7.25. The van der Waals surface area contributed by atoms with Crippen LogP contribution in [0.2, 0.25) is 0 Å². The van der Waals surface area contributed by atoms with Crippen molar-refractivity contribution in [2.24, 2.45) is 0 Å². The summed E-state index contributed by atoms with van der Waals surface area (Å²) in [6.07, 6.45) is -1.89. The first-order valence-corrected chi connectivity index (χ1v) is 9.43. The van der Waals surface area contributed by atoms with Crippen LogP contribution >= 0.6 is 0 Å². The molecule has 0 aromatic carbocycles. The molecular formula is C20H21F3N4O4. The Kier molecular flexibility index (Phi) is 6.44. The first-order chi connectivity index (χ1) is 14.6. The number of aromatic nitrogens is 2. The van der Waals surface area contributed by atoms with E-state index in [1.165, 1.54) is 23.4 Å². The van der Waals surface area contributed by atoms with Crippen LogP contribution in [0.4, 0.5) is 13.2 Å². The molecule has 2 amide bonds. The highest BCUT2D eigenvalue weighted by Gasteiger charge is 2.32. The van der Waals surface area contributed by atoms with Crippen molar-refractivity contribution >= 4 is 11.8 Å². The van der Waals surface area contributed by atoms with Crippen molar-refractivity contribution in [1.82, 2.24) is 20.2 Å². The molecule has 1 unspecified atom stereocenters. The maximum Gasteiger partial charge on any atom is 0.422 e. The van der Waals surface area contributed by atoms with E-state index in [1.54, 1.807) is 19.9 Å². The van der Waals surface area contributed by atoms with Gasteiger partial charge in [0.2, 0.25) is 0 Å². The highest BCUT2D eigenvalue weighted by molar-refractivity contribution is 6.03. The second kappa shape index (κ2) is 8.88. The van der Waals surface area contributed by atoms with Gasteiger partial charge in [-0.3, -0.25) is 19.6 Å². The second-order valence-electron chi connectivity index (χ2n) is 7.25. The number of amides is 2. The fourth-order valence-electron chi connectivity index (χ4n) is 3.14. The van der Waals surface area contributed by atoms with Crippen molar-refractivity contribution in [1.29, 1.82) is 0 Å². The molecule has 8 nitrogen and oxygen atoms in total.